The number of rotatable bonds is 6. The summed E-state index contributed by atoms with van der Waals surface area (Å²) >= 11 is 0. The average molecular weight is 157 g/mol. The lowest BCUT2D eigenvalue weighted by atomic mass is 9.93. The van der Waals surface area contributed by atoms with Crippen molar-refractivity contribution in [3.05, 3.63) is 0 Å². The van der Waals surface area contributed by atoms with E-state index in [0.29, 0.717) is 0 Å². The van der Waals surface area contributed by atoms with Gasteiger partial charge in [-0.05, 0) is 24.7 Å². The number of nitrogens with one attached hydrogen (secondary N) is 1. The van der Waals surface area contributed by atoms with Gasteiger partial charge < -0.3 is 5.32 Å². The summed E-state index contributed by atoms with van der Waals surface area (Å²) in [4.78, 5) is 9.87. The third-order valence-electron chi connectivity index (χ3n) is 2.20. The van der Waals surface area contributed by atoms with Crippen molar-refractivity contribution in [3.8, 4) is 0 Å². The molecule has 0 aliphatic carbocycles. The molecule has 2 heteroatoms. The van der Waals surface area contributed by atoms with Crippen LogP contribution in [0, 0.1) is 11.8 Å². The summed E-state index contributed by atoms with van der Waals surface area (Å²) in [6.45, 7) is 7.54. The lowest BCUT2D eigenvalue weighted by Gasteiger charge is -2.14. The summed E-state index contributed by atoms with van der Waals surface area (Å²) in [5.41, 5.74) is 0. The van der Waals surface area contributed by atoms with Crippen LogP contribution in [0.3, 0.4) is 0 Å². The summed E-state index contributed by atoms with van der Waals surface area (Å²) in [5.74, 6) is 1.52. The fourth-order valence-electron chi connectivity index (χ4n) is 0.918. The highest BCUT2D eigenvalue weighted by Gasteiger charge is 2.05. The third-order valence-corrected chi connectivity index (χ3v) is 2.20. The van der Waals surface area contributed by atoms with Crippen molar-refractivity contribution in [2.45, 2.75) is 33.6 Å². The molecule has 0 saturated carbocycles. The first-order valence-corrected chi connectivity index (χ1v) is 4.35. The fraction of sp³-hybridized carbons (Fsp3) is 0.889. The number of hydrogen-bond acceptors (Lipinski definition) is 1. The molecule has 0 heterocycles. The van der Waals surface area contributed by atoms with Crippen molar-refractivity contribution in [2.75, 3.05) is 6.54 Å². The Morgan fingerprint density at radius 3 is 2.45 bits per heavy atom. The van der Waals surface area contributed by atoms with Crippen molar-refractivity contribution in [2.24, 2.45) is 11.8 Å². The van der Waals surface area contributed by atoms with Crippen molar-refractivity contribution >= 4 is 6.41 Å². The Hall–Kier alpha value is -0.530. The second-order valence-electron chi connectivity index (χ2n) is 3.44. The van der Waals surface area contributed by atoms with Gasteiger partial charge in [0, 0.05) is 6.54 Å². The molecule has 0 aliphatic heterocycles. The number of carbonyl (C=O) groups is 1. The topological polar surface area (TPSA) is 29.1 Å². The first kappa shape index (κ1) is 10.5. The molecule has 0 radical (unpaired) electrons. The molecule has 0 saturated heterocycles. The first-order chi connectivity index (χ1) is 5.18. The van der Waals surface area contributed by atoms with Crippen LogP contribution in [0.5, 0.6) is 0 Å². The maximum absolute atomic E-state index is 9.87. The molecule has 11 heavy (non-hydrogen) atoms. The quantitative estimate of drug-likeness (QED) is 0.462. The van der Waals surface area contributed by atoms with Gasteiger partial charge in [-0.3, -0.25) is 4.79 Å². The van der Waals surface area contributed by atoms with E-state index < -0.39 is 0 Å². The van der Waals surface area contributed by atoms with Gasteiger partial charge in [-0.1, -0.05) is 20.8 Å². The van der Waals surface area contributed by atoms with Crippen molar-refractivity contribution in [1.29, 1.82) is 0 Å². The van der Waals surface area contributed by atoms with Gasteiger partial charge in [0.1, 0.15) is 0 Å². The second-order valence-corrected chi connectivity index (χ2v) is 3.44. The monoisotopic (exact) mass is 157 g/mol. The Morgan fingerprint density at radius 2 is 2.00 bits per heavy atom. The van der Waals surface area contributed by atoms with Crippen LogP contribution < -0.4 is 5.32 Å². The molecule has 0 fully saturated rings. The minimum atomic E-state index is 0.756. The molecule has 0 aromatic rings. The molecule has 1 atom stereocenters. The van der Waals surface area contributed by atoms with Crippen LogP contribution in [-0.4, -0.2) is 13.0 Å². The first-order valence-electron chi connectivity index (χ1n) is 4.35. The Labute approximate surface area is 69.4 Å². The van der Waals surface area contributed by atoms with Crippen molar-refractivity contribution in [1.82, 2.24) is 5.32 Å². The lowest BCUT2D eigenvalue weighted by Crippen LogP contribution is -2.14. The molecule has 2 nitrogen and oxygen atoms in total. The second kappa shape index (κ2) is 6.20. The van der Waals surface area contributed by atoms with E-state index in [1.165, 1.54) is 6.42 Å². The standard InChI is InChI=1S/C9H19NO/c1-8(2)9(3)5-4-6-10-7-11/h7-9H,4-6H2,1-3H3,(H,10,11). The van der Waals surface area contributed by atoms with Gasteiger partial charge >= 0.3 is 0 Å². The van der Waals surface area contributed by atoms with Crippen molar-refractivity contribution in [3.63, 3.8) is 0 Å². The van der Waals surface area contributed by atoms with Gasteiger partial charge in [-0.2, -0.15) is 0 Å². The zero-order chi connectivity index (χ0) is 8.69. The van der Waals surface area contributed by atoms with E-state index in [2.05, 4.69) is 26.1 Å². The predicted octanol–water partition coefficient (Wildman–Crippen LogP) is 1.80. The summed E-state index contributed by atoms with van der Waals surface area (Å²) in [7, 11) is 0. The largest absolute Gasteiger partial charge is 0.359 e. The summed E-state index contributed by atoms with van der Waals surface area (Å²) in [6.07, 6.45) is 3.07. The number of amides is 1. The SMILES string of the molecule is CC(C)C(C)CCCNC=O. The van der Waals surface area contributed by atoms with Crippen LogP contribution in [0.1, 0.15) is 33.6 Å². The molecule has 1 N–H and O–H groups in total. The van der Waals surface area contributed by atoms with Gasteiger partial charge in [0.2, 0.25) is 6.41 Å². The molecule has 66 valence electrons. The van der Waals surface area contributed by atoms with Crippen LogP contribution in [0.4, 0.5) is 0 Å². The van der Waals surface area contributed by atoms with Gasteiger partial charge in [0.05, 0.1) is 0 Å². The molecule has 1 unspecified atom stereocenters. The van der Waals surface area contributed by atoms with Gasteiger partial charge in [-0.15, -0.1) is 0 Å². The van der Waals surface area contributed by atoms with Gasteiger partial charge in [-0.25, -0.2) is 0 Å². The Morgan fingerprint density at radius 1 is 1.36 bits per heavy atom. The van der Waals surface area contributed by atoms with Crippen molar-refractivity contribution < 1.29 is 4.79 Å². The van der Waals surface area contributed by atoms with Gasteiger partial charge in [0.25, 0.3) is 0 Å². The highest BCUT2D eigenvalue weighted by Crippen LogP contribution is 2.14. The minimum Gasteiger partial charge on any atom is -0.359 e. The zero-order valence-electron chi connectivity index (χ0n) is 7.76. The highest BCUT2D eigenvalue weighted by atomic mass is 16.1. The zero-order valence-corrected chi connectivity index (χ0v) is 7.76. The summed E-state index contributed by atoms with van der Waals surface area (Å²) in [5, 5.41) is 2.66. The summed E-state index contributed by atoms with van der Waals surface area (Å²) < 4.78 is 0. The van der Waals surface area contributed by atoms with Crippen LogP contribution in [0.25, 0.3) is 0 Å². The predicted molar refractivity (Wildman–Crippen MR) is 47.3 cm³/mol. The molecule has 0 aromatic heterocycles. The smallest absolute Gasteiger partial charge is 0.207 e. The van der Waals surface area contributed by atoms with E-state index >= 15 is 0 Å². The average Bonchev–Trinajstić information content (AvgIpc) is 1.97. The molecule has 1 amide bonds. The molecular weight excluding hydrogens is 138 g/mol. The van der Waals surface area contributed by atoms with E-state index in [-0.39, 0.29) is 0 Å². The van der Waals surface area contributed by atoms with E-state index in [4.69, 9.17) is 0 Å². The Balaban J connectivity index is 3.17. The highest BCUT2D eigenvalue weighted by molar-refractivity contribution is 5.45. The molecule has 0 spiro atoms. The maximum Gasteiger partial charge on any atom is 0.207 e. The molecule has 0 aliphatic rings. The maximum atomic E-state index is 9.87. The fourth-order valence-corrected chi connectivity index (χ4v) is 0.918. The molecule has 0 aromatic carbocycles. The molecular formula is C9H19NO. The van der Waals surface area contributed by atoms with E-state index in [0.717, 1.165) is 31.2 Å². The van der Waals surface area contributed by atoms with Crippen LogP contribution in [0.15, 0.2) is 0 Å². The normalized spacial score (nSPS) is 13.1. The Kier molecular flexibility index (Phi) is 5.90. The van der Waals surface area contributed by atoms with E-state index in [9.17, 15) is 4.79 Å². The minimum absolute atomic E-state index is 0.756. The molecule has 0 rings (SSSR count). The van der Waals surface area contributed by atoms with Gasteiger partial charge in [0.15, 0.2) is 0 Å². The summed E-state index contributed by atoms with van der Waals surface area (Å²) in [6, 6.07) is 0. The van der Waals surface area contributed by atoms with Crippen LogP contribution in [-0.2, 0) is 4.79 Å². The lowest BCUT2D eigenvalue weighted by molar-refractivity contribution is -0.109. The van der Waals surface area contributed by atoms with E-state index in [1.54, 1.807) is 0 Å². The third kappa shape index (κ3) is 5.89. The van der Waals surface area contributed by atoms with Crippen LogP contribution >= 0.6 is 0 Å². The van der Waals surface area contributed by atoms with Crippen LogP contribution in [0.2, 0.25) is 0 Å². The number of carbonyl (C=O) groups excluding carboxylic acids is 1. The Bertz CT molecular complexity index is 102. The van der Waals surface area contributed by atoms with E-state index in [1.807, 2.05) is 0 Å². The molecule has 0 bridgehead atoms. The number of hydrogen-bond donors (Lipinski definition) is 1.